The van der Waals surface area contributed by atoms with Gasteiger partial charge in [-0.25, -0.2) is 0 Å². The molecular weight excluding hydrogens is 258 g/mol. The van der Waals surface area contributed by atoms with Gasteiger partial charge in [-0.2, -0.15) is 0 Å². The van der Waals surface area contributed by atoms with E-state index < -0.39 is 0 Å². The van der Waals surface area contributed by atoms with Gasteiger partial charge in [-0.3, -0.25) is 4.90 Å². The molecule has 1 rings (SSSR count). The highest BCUT2D eigenvalue weighted by Gasteiger charge is 2.14. The minimum Gasteiger partial charge on any atom is -0.374 e. The first-order chi connectivity index (χ1) is 9.02. The highest BCUT2D eigenvalue weighted by atomic mass is 32.1. The standard InChI is InChI=1S/C13H27N5S/c1-6-14-13-12(15-16-19-13)10-18(9-11(2)3)8-7-17(4)5/h11,14H,6-10H2,1-5H3. The van der Waals surface area contributed by atoms with E-state index >= 15 is 0 Å². The average Bonchev–Trinajstić information content (AvgIpc) is 2.73. The van der Waals surface area contributed by atoms with Crippen LogP contribution in [0.5, 0.6) is 0 Å². The van der Waals surface area contributed by atoms with Crippen LogP contribution in [0, 0.1) is 5.92 Å². The van der Waals surface area contributed by atoms with E-state index in [-0.39, 0.29) is 0 Å². The Morgan fingerprint density at radius 3 is 2.58 bits per heavy atom. The third kappa shape index (κ3) is 6.31. The Balaban J connectivity index is 2.61. The molecule has 0 saturated carbocycles. The highest BCUT2D eigenvalue weighted by Crippen LogP contribution is 2.19. The molecule has 0 amide bonds. The quantitative estimate of drug-likeness (QED) is 0.752. The van der Waals surface area contributed by atoms with Gasteiger partial charge in [0.2, 0.25) is 0 Å². The van der Waals surface area contributed by atoms with Crippen LogP contribution in [0.4, 0.5) is 5.00 Å². The number of likely N-dealkylation sites (N-methyl/N-ethyl adjacent to an activating group) is 1. The summed E-state index contributed by atoms with van der Waals surface area (Å²) in [7, 11) is 4.23. The predicted octanol–water partition coefficient (Wildman–Crippen LogP) is 1.99. The summed E-state index contributed by atoms with van der Waals surface area (Å²) in [5.41, 5.74) is 1.08. The zero-order valence-electron chi connectivity index (χ0n) is 12.8. The van der Waals surface area contributed by atoms with E-state index in [1.807, 2.05) is 0 Å². The van der Waals surface area contributed by atoms with E-state index in [4.69, 9.17) is 0 Å². The first kappa shape index (κ1) is 16.3. The Kier molecular flexibility index (Phi) is 7.27. The molecule has 0 aliphatic heterocycles. The van der Waals surface area contributed by atoms with Crippen LogP contribution in [0.1, 0.15) is 26.5 Å². The zero-order valence-corrected chi connectivity index (χ0v) is 13.6. The van der Waals surface area contributed by atoms with Crippen molar-refractivity contribution in [3.8, 4) is 0 Å². The van der Waals surface area contributed by atoms with E-state index in [1.165, 1.54) is 11.5 Å². The molecule has 1 heterocycles. The predicted molar refractivity (Wildman–Crippen MR) is 82.7 cm³/mol. The van der Waals surface area contributed by atoms with Gasteiger partial charge in [0.05, 0.1) is 0 Å². The van der Waals surface area contributed by atoms with E-state index in [2.05, 4.69) is 59.6 Å². The van der Waals surface area contributed by atoms with E-state index in [0.29, 0.717) is 5.92 Å². The third-order valence-corrected chi connectivity index (χ3v) is 3.48. The minimum absolute atomic E-state index is 0.663. The Morgan fingerprint density at radius 1 is 1.26 bits per heavy atom. The van der Waals surface area contributed by atoms with Crippen molar-refractivity contribution in [1.82, 2.24) is 19.4 Å². The summed E-state index contributed by atoms with van der Waals surface area (Å²) in [6.07, 6.45) is 0. The second-order valence-corrected chi connectivity index (χ2v) is 6.27. The molecule has 110 valence electrons. The van der Waals surface area contributed by atoms with Crippen molar-refractivity contribution >= 4 is 16.5 Å². The number of rotatable bonds is 9. The minimum atomic E-state index is 0.663. The first-order valence-corrected chi connectivity index (χ1v) is 7.72. The molecule has 0 aliphatic rings. The van der Waals surface area contributed by atoms with Crippen LogP contribution < -0.4 is 5.32 Å². The normalized spacial score (nSPS) is 11.8. The summed E-state index contributed by atoms with van der Waals surface area (Å²) in [4.78, 5) is 4.68. The molecule has 0 spiro atoms. The Hall–Kier alpha value is -0.720. The molecule has 0 saturated heterocycles. The van der Waals surface area contributed by atoms with Crippen LogP contribution in [-0.2, 0) is 6.54 Å². The van der Waals surface area contributed by atoms with E-state index in [1.54, 1.807) is 0 Å². The van der Waals surface area contributed by atoms with Crippen LogP contribution >= 0.6 is 11.5 Å². The SMILES string of the molecule is CCNc1snnc1CN(CCN(C)C)CC(C)C. The summed E-state index contributed by atoms with van der Waals surface area (Å²) >= 11 is 1.45. The molecule has 1 aromatic heterocycles. The van der Waals surface area contributed by atoms with Crippen molar-refractivity contribution in [2.24, 2.45) is 5.92 Å². The maximum Gasteiger partial charge on any atom is 0.134 e. The fourth-order valence-corrected chi connectivity index (χ4v) is 2.55. The molecule has 1 aromatic rings. The topological polar surface area (TPSA) is 44.3 Å². The van der Waals surface area contributed by atoms with Gasteiger partial charge >= 0.3 is 0 Å². The molecule has 0 bridgehead atoms. The Labute approximate surface area is 121 Å². The average molecular weight is 285 g/mol. The smallest absolute Gasteiger partial charge is 0.134 e. The highest BCUT2D eigenvalue weighted by molar-refractivity contribution is 7.10. The fraction of sp³-hybridized carbons (Fsp3) is 0.846. The van der Waals surface area contributed by atoms with E-state index in [9.17, 15) is 0 Å². The van der Waals surface area contributed by atoms with Gasteiger partial charge < -0.3 is 10.2 Å². The zero-order chi connectivity index (χ0) is 14.3. The van der Waals surface area contributed by atoms with Crippen LogP contribution in [0.2, 0.25) is 0 Å². The van der Waals surface area contributed by atoms with Gasteiger partial charge in [-0.15, -0.1) is 5.10 Å². The van der Waals surface area contributed by atoms with Crippen molar-refractivity contribution in [2.45, 2.75) is 27.3 Å². The molecule has 5 nitrogen and oxygen atoms in total. The van der Waals surface area contributed by atoms with Crippen LogP contribution in [0.15, 0.2) is 0 Å². The number of hydrogen-bond acceptors (Lipinski definition) is 6. The van der Waals surface area contributed by atoms with Crippen molar-refractivity contribution in [3.63, 3.8) is 0 Å². The molecule has 0 radical (unpaired) electrons. The summed E-state index contributed by atoms with van der Waals surface area (Å²) in [6, 6.07) is 0. The summed E-state index contributed by atoms with van der Waals surface area (Å²) in [5.74, 6) is 0.663. The van der Waals surface area contributed by atoms with Crippen LogP contribution in [0.25, 0.3) is 0 Å². The number of anilines is 1. The maximum atomic E-state index is 4.26. The van der Waals surface area contributed by atoms with Gasteiger partial charge in [0.15, 0.2) is 0 Å². The van der Waals surface area contributed by atoms with Crippen molar-refractivity contribution < 1.29 is 0 Å². The molecular formula is C13H27N5S. The number of aromatic nitrogens is 2. The lowest BCUT2D eigenvalue weighted by Crippen LogP contribution is -2.34. The summed E-state index contributed by atoms with van der Waals surface area (Å²) < 4.78 is 4.06. The lowest BCUT2D eigenvalue weighted by atomic mass is 10.2. The van der Waals surface area contributed by atoms with Gasteiger partial charge in [-0.1, -0.05) is 18.3 Å². The molecule has 19 heavy (non-hydrogen) atoms. The second-order valence-electron chi connectivity index (χ2n) is 5.51. The van der Waals surface area contributed by atoms with Crippen LogP contribution in [0.3, 0.4) is 0 Å². The molecule has 0 aromatic carbocycles. The lowest BCUT2D eigenvalue weighted by Gasteiger charge is -2.25. The largest absolute Gasteiger partial charge is 0.374 e. The first-order valence-electron chi connectivity index (χ1n) is 6.95. The lowest BCUT2D eigenvalue weighted by molar-refractivity contribution is 0.210. The molecule has 0 unspecified atom stereocenters. The molecule has 0 fully saturated rings. The number of hydrogen-bond donors (Lipinski definition) is 1. The summed E-state index contributed by atoms with van der Waals surface area (Å²) in [6.45, 7) is 11.6. The molecule has 0 atom stereocenters. The second kappa shape index (κ2) is 8.45. The van der Waals surface area contributed by atoms with Gasteiger partial charge in [0, 0.05) is 44.3 Å². The maximum absolute atomic E-state index is 4.26. The fourth-order valence-electron chi connectivity index (χ4n) is 1.91. The van der Waals surface area contributed by atoms with Gasteiger partial charge in [0.25, 0.3) is 0 Å². The Morgan fingerprint density at radius 2 is 2.00 bits per heavy atom. The van der Waals surface area contributed by atoms with Crippen molar-refractivity contribution in [1.29, 1.82) is 0 Å². The van der Waals surface area contributed by atoms with Gasteiger partial charge in [0.1, 0.15) is 10.7 Å². The monoisotopic (exact) mass is 285 g/mol. The van der Waals surface area contributed by atoms with Crippen LogP contribution in [-0.4, -0.2) is 59.7 Å². The third-order valence-electron chi connectivity index (χ3n) is 2.75. The number of nitrogens with one attached hydrogen (secondary N) is 1. The Bertz CT molecular complexity index is 351. The summed E-state index contributed by atoms with van der Waals surface area (Å²) in [5, 5.41) is 8.71. The molecule has 0 aliphatic carbocycles. The van der Waals surface area contributed by atoms with Crippen molar-refractivity contribution in [3.05, 3.63) is 5.69 Å². The van der Waals surface area contributed by atoms with Crippen molar-refractivity contribution in [2.75, 3.05) is 45.6 Å². The van der Waals surface area contributed by atoms with Gasteiger partial charge in [-0.05, 0) is 26.9 Å². The molecule has 1 N–H and O–H groups in total. The molecule has 6 heteroatoms. The van der Waals surface area contributed by atoms with E-state index in [0.717, 1.165) is 43.4 Å². The number of nitrogens with zero attached hydrogens (tertiary/aromatic N) is 4.